The number of hydrogen-bond donors (Lipinski definition) is 3. The van der Waals surface area contributed by atoms with Crippen LogP contribution < -0.4 is 15.8 Å². The number of likely N-dealkylation sites (N-methyl/N-ethyl adjacent to an activating group) is 1. The van der Waals surface area contributed by atoms with Gasteiger partial charge in [-0.2, -0.15) is 5.26 Å². The summed E-state index contributed by atoms with van der Waals surface area (Å²) in [5, 5.41) is 21.6. The van der Waals surface area contributed by atoms with Crippen LogP contribution in [-0.4, -0.2) is 60.8 Å². The summed E-state index contributed by atoms with van der Waals surface area (Å²) in [6.45, 7) is 4.57. The van der Waals surface area contributed by atoms with Crippen LogP contribution in [0.2, 0.25) is 0 Å². The molecule has 2 aromatic rings. The number of hydrogen-bond acceptors (Lipinski definition) is 7. The van der Waals surface area contributed by atoms with E-state index in [4.69, 9.17) is 15.9 Å². The molecule has 0 spiro atoms. The number of benzene rings is 2. The molecule has 178 valence electrons. The third kappa shape index (κ3) is 5.96. The van der Waals surface area contributed by atoms with Crippen molar-refractivity contribution >= 4 is 5.71 Å². The Morgan fingerprint density at radius 3 is 2.21 bits per heavy atom. The van der Waals surface area contributed by atoms with Gasteiger partial charge in [0.05, 0.1) is 5.71 Å². The van der Waals surface area contributed by atoms with Gasteiger partial charge in [0.15, 0.2) is 0 Å². The van der Waals surface area contributed by atoms with Gasteiger partial charge in [0.2, 0.25) is 0 Å². The summed E-state index contributed by atoms with van der Waals surface area (Å²) < 4.78 is 5.82. The molecule has 7 nitrogen and oxygen atoms in total. The van der Waals surface area contributed by atoms with E-state index >= 15 is 0 Å². The maximum atomic E-state index is 9.74. The molecule has 0 radical (unpaired) electrons. The van der Waals surface area contributed by atoms with Crippen LogP contribution in [0.15, 0.2) is 66.0 Å². The number of ether oxygens (including phenoxy) is 1. The lowest BCUT2D eigenvalue weighted by Crippen LogP contribution is -2.51. The van der Waals surface area contributed by atoms with Crippen molar-refractivity contribution in [1.82, 2.24) is 15.1 Å². The first kappa shape index (κ1) is 23.8. The Bertz CT molecular complexity index is 1030. The molecule has 34 heavy (non-hydrogen) atoms. The molecule has 2 aliphatic rings. The summed E-state index contributed by atoms with van der Waals surface area (Å²) in [5.41, 5.74) is 7.21. The van der Waals surface area contributed by atoms with E-state index < -0.39 is 0 Å². The van der Waals surface area contributed by atoms with Gasteiger partial charge in [-0.1, -0.05) is 18.2 Å². The van der Waals surface area contributed by atoms with Gasteiger partial charge >= 0.3 is 0 Å². The molecule has 0 atom stereocenters. The molecule has 1 saturated heterocycles. The summed E-state index contributed by atoms with van der Waals surface area (Å²) in [6.07, 6.45) is 4.32. The summed E-state index contributed by atoms with van der Waals surface area (Å²) in [4.78, 5) is 5.01. The van der Waals surface area contributed by atoms with Crippen LogP contribution in [0.25, 0.3) is 0 Å². The van der Waals surface area contributed by atoms with Crippen LogP contribution in [0.3, 0.4) is 0 Å². The normalized spacial score (nSPS) is 22.4. The molecule has 2 fully saturated rings. The molecule has 1 aliphatic carbocycles. The molecular weight excluding hydrogens is 424 g/mol. The van der Waals surface area contributed by atoms with E-state index in [2.05, 4.69) is 28.2 Å². The Morgan fingerprint density at radius 2 is 1.59 bits per heavy atom. The lowest BCUT2D eigenvalue weighted by Gasteiger charge is -2.41. The highest BCUT2D eigenvalue weighted by Gasteiger charge is 2.28. The van der Waals surface area contributed by atoms with Gasteiger partial charge in [-0.15, -0.1) is 0 Å². The highest BCUT2D eigenvalue weighted by Crippen LogP contribution is 2.25. The van der Waals surface area contributed by atoms with Gasteiger partial charge in [-0.05, 0) is 69.1 Å². The second-order valence-corrected chi connectivity index (χ2v) is 9.20. The zero-order valence-corrected chi connectivity index (χ0v) is 19.8. The topological polar surface area (TPSA) is 101 Å². The zero-order valence-electron chi connectivity index (χ0n) is 19.8. The molecular formula is C27H34N6O. The molecule has 4 N–H and O–H groups in total. The molecule has 0 bridgehead atoms. The standard InChI is InChI=1S/C27H34N6O/c1-32-15-17-33(18-16-32)22-11-9-21(10-12-22)31-27(30)25(19-28)26(29)20-7-13-24(14-8-20)34-23-5-3-2-4-6-23/h2-8,13-14,21-22,29,31H,9-12,15-18,30H2,1H3/b27-25-,29-26?/t21-,22+. The molecule has 0 aromatic heterocycles. The number of nitriles is 1. The Morgan fingerprint density at radius 1 is 0.971 bits per heavy atom. The zero-order chi connectivity index (χ0) is 23.9. The first-order valence-electron chi connectivity index (χ1n) is 12.0. The maximum Gasteiger partial charge on any atom is 0.127 e. The van der Waals surface area contributed by atoms with Crippen LogP contribution in [-0.2, 0) is 0 Å². The largest absolute Gasteiger partial charge is 0.457 e. The summed E-state index contributed by atoms with van der Waals surface area (Å²) in [5.74, 6) is 1.72. The van der Waals surface area contributed by atoms with E-state index in [-0.39, 0.29) is 17.3 Å². The van der Waals surface area contributed by atoms with Crippen LogP contribution >= 0.6 is 0 Å². The Hall–Kier alpha value is -3.34. The van der Waals surface area contributed by atoms with Crippen molar-refractivity contribution in [1.29, 1.82) is 10.7 Å². The van der Waals surface area contributed by atoms with E-state index in [1.165, 1.54) is 0 Å². The molecule has 7 heteroatoms. The van der Waals surface area contributed by atoms with Crippen molar-refractivity contribution in [3.8, 4) is 17.6 Å². The molecule has 1 heterocycles. The smallest absolute Gasteiger partial charge is 0.127 e. The van der Waals surface area contributed by atoms with Crippen molar-refractivity contribution in [3.63, 3.8) is 0 Å². The van der Waals surface area contributed by atoms with E-state index in [1.54, 1.807) is 24.3 Å². The van der Waals surface area contributed by atoms with Crippen LogP contribution in [0.4, 0.5) is 0 Å². The third-order valence-electron chi connectivity index (χ3n) is 6.86. The van der Waals surface area contributed by atoms with Crippen molar-refractivity contribution in [2.45, 2.75) is 37.8 Å². The minimum absolute atomic E-state index is 0.116. The second kappa shape index (κ2) is 11.2. The summed E-state index contributed by atoms with van der Waals surface area (Å²) >= 11 is 0. The number of rotatable bonds is 7. The first-order valence-corrected chi connectivity index (χ1v) is 12.0. The quantitative estimate of drug-likeness (QED) is 0.432. The Labute approximate surface area is 202 Å². The minimum Gasteiger partial charge on any atom is -0.457 e. The van der Waals surface area contributed by atoms with Crippen LogP contribution in [0, 0.1) is 16.7 Å². The fourth-order valence-corrected chi connectivity index (χ4v) is 4.77. The van der Waals surface area contributed by atoms with Gasteiger partial charge in [0, 0.05) is 43.8 Å². The van der Waals surface area contributed by atoms with Crippen molar-refractivity contribution in [3.05, 3.63) is 71.6 Å². The average Bonchev–Trinajstić information content (AvgIpc) is 2.86. The molecule has 1 saturated carbocycles. The molecule has 2 aromatic carbocycles. The molecule has 4 rings (SSSR count). The predicted octanol–water partition coefficient (Wildman–Crippen LogP) is 3.69. The van der Waals surface area contributed by atoms with E-state index in [0.29, 0.717) is 23.2 Å². The summed E-state index contributed by atoms with van der Waals surface area (Å²) in [7, 11) is 2.19. The van der Waals surface area contributed by atoms with Gasteiger partial charge in [0.25, 0.3) is 0 Å². The lowest BCUT2D eigenvalue weighted by molar-refractivity contribution is 0.0861. The number of nitrogens with one attached hydrogen (secondary N) is 2. The lowest BCUT2D eigenvalue weighted by atomic mass is 9.89. The van der Waals surface area contributed by atoms with Crippen LogP contribution in [0.1, 0.15) is 31.2 Å². The minimum atomic E-state index is 0.116. The van der Waals surface area contributed by atoms with Gasteiger partial charge in [-0.25, -0.2) is 0 Å². The number of piperazine rings is 1. The SMILES string of the molecule is CN1CCN([C@H]2CC[C@@H](N/C(N)=C(/C#N)C(=N)c3ccc(Oc4ccccc4)cc3)CC2)CC1. The van der Waals surface area contributed by atoms with Gasteiger partial charge < -0.3 is 20.7 Å². The van der Waals surface area contributed by atoms with E-state index in [1.807, 2.05) is 30.3 Å². The highest BCUT2D eigenvalue weighted by molar-refractivity contribution is 6.13. The predicted molar refractivity (Wildman–Crippen MR) is 135 cm³/mol. The molecule has 1 aliphatic heterocycles. The van der Waals surface area contributed by atoms with Gasteiger partial charge in [0.1, 0.15) is 29.0 Å². The number of para-hydroxylation sites is 1. The number of allylic oxidation sites excluding steroid dienone is 1. The molecule has 0 unspecified atom stereocenters. The Balaban J connectivity index is 1.33. The second-order valence-electron chi connectivity index (χ2n) is 9.20. The van der Waals surface area contributed by atoms with E-state index in [0.717, 1.165) is 57.6 Å². The highest BCUT2D eigenvalue weighted by atomic mass is 16.5. The first-order chi connectivity index (χ1) is 16.5. The van der Waals surface area contributed by atoms with Crippen molar-refractivity contribution in [2.75, 3.05) is 33.2 Å². The van der Waals surface area contributed by atoms with Crippen LogP contribution in [0.5, 0.6) is 11.5 Å². The maximum absolute atomic E-state index is 9.74. The third-order valence-corrected chi connectivity index (χ3v) is 6.86. The van der Waals surface area contributed by atoms with Gasteiger partial charge in [-0.3, -0.25) is 10.3 Å². The fraction of sp³-hybridized carbons (Fsp3) is 0.407. The Kier molecular flexibility index (Phi) is 7.84. The van der Waals surface area contributed by atoms with Crippen molar-refractivity contribution < 1.29 is 4.74 Å². The number of nitrogens with zero attached hydrogens (tertiary/aromatic N) is 3. The average molecular weight is 459 g/mol. The fourth-order valence-electron chi connectivity index (χ4n) is 4.77. The summed E-state index contributed by atoms with van der Waals surface area (Å²) in [6, 6.07) is 19.7. The number of nitrogens with two attached hydrogens (primary N) is 1. The monoisotopic (exact) mass is 458 g/mol. The van der Waals surface area contributed by atoms with Crippen molar-refractivity contribution in [2.24, 2.45) is 5.73 Å². The van der Waals surface area contributed by atoms with E-state index in [9.17, 15) is 5.26 Å². The molecule has 0 amide bonds.